The Morgan fingerprint density at radius 3 is 2.14 bits per heavy atom. The molecule has 5 heteroatoms. The SMILES string of the molecule is COCCN1CC(C(=O)C2CC2)C(c2cccc(F)c2C)[C@@H](C(=O)C2CC2)C1. The molecule has 3 aliphatic rings. The third-order valence-corrected chi connectivity index (χ3v) is 6.75. The number of benzene rings is 1. The average Bonchev–Trinajstić information content (AvgIpc) is 3.58. The topological polar surface area (TPSA) is 46.6 Å². The van der Waals surface area contributed by atoms with Crippen LogP contribution in [0.1, 0.15) is 42.7 Å². The van der Waals surface area contributed by atoms with E-state index in [2.05, 4.69) is 4.90 Å². The number of methoxy groups -OCH3 is 1. The van der Waals surface area contributed by atoms with E-state index in [1.807, 2.05) is 6.07 Å². The van der Waals surface area contributed by atoms with Crippen LogP contribution in [0.25, 0.3) is 0 Å². The van der Waals surface area contributed by atoms with Crippen LogP contribution < -0.4 is 0 Å². The highest BCUT2D eigenvalue weighted by atomic mass is 19.1. The quantitative estimate of drug-likeness (QED) is 0.686. The summed E-state index contributed by atoms with van der Waals surface area (Å²) in [5.41, 5.74) is 1.43. The van der Waals surface area contributed by atoms with Crippen molar-refractivity contribution in [3.8, 4) is 0 Å². The molecule has 3 atom stereocenters. The summed E-state index contributed by atoms with van der Waals surface area (Å²) in [6, 6.07) is 5.10. The van der Waals surface area contributed by atoms with Gasteiger partial charge < -0.3 is 4.74 Å². The third kappa shape index (κ3) is 3.92. The number of rotatable bonds is 8. The van der Waals surface area contributed by atoms with Gasteiger partial charge in [0.2, 0.25) is 0 Å². The second-order valence-corrected chi connectivity index (χ2v) is 8.80. The van der Waals surface area contributed by atoms with Crippen LogP contribution in [-0.4, -0.2) is 49.8 Å². The average molecular weight is 387 g/mol. The zero-order valence-electron chi connectivity index (χ0n) is 16.8. The molecule has 1 heterocycles. The molecule has 0 bridgehead atoms. The van der Waals surface area contributed by atoms with Gasteiger partial charge in [0.25, 0.3) is 0 Å². The van der Waals surface area contributed by atoms with Gasteiger partial charge in [0, 0.05) is 56.3 Å². The molecule has 1 aliphatic heterocycles. The van der Waals surface area contributed by atoms with Gasteiger partial charge in [-0.2, -0.15) is 0 Å². The number of Topliss-reactive ketones (excluding diaryl/α,β-unsaturated/α-hetero) is 2. The van der Waals surface area contributed by atoms with Crippen molar-refractivity contribution < 1.29 is 18.7 Å². The van der Waals surface area contributed by atoms with Gasteiger partial charge in [-0.25, -0.2) is 4.39 Å². The maximum absolute atomic E-state index is 14.4. The second-order valence-electron chi connectivity index (χ2n) is 8.80. The molecule has 1 aromatic carbocycles. The first-order chi connectivity index (χ1) is 13.5. The number of halogens is 1. The van der Waals surface area contributed by atoms with Crippen molar-refractivity contribution in [2.75, 3.05) is 33.4 Å². The van der Waals surface area contributed by atoms with Gasteiger partial charge in [-0.15, -0.1) is 0 Å². The first-order valence-electron chi connectivity index (χ1n) is 10.5. The van der Waals surface area contributed by atoms with Crippen molar-refractivity contribution in [2.24, 2.45) is 23.7 Å². The summed E-state index contributed by atoms with van der Waals surface area (Å²) in [4.78, 5) is 28.7. The summed E-state index contributed by atoms with van der Waals surface area (Å²) in [6.07, 6.45) is 3.79. The fourth-order valence-electron chi connectivity index (χ4n) is 4.84. The number of piperidine rings is 1. The van der Waals surface area contributed by atoms with Crippen molar-refractivity contribution in [3.63, 3.8) is 0 Å². The molecule has 28 heavy (non-hydrogen) atoms. The fraction of sp³-hybridized carbons (Fsp3) is 0.652. The van der Waals surface area contributed by atoms with Crippen molar-refractivity contribution in [1.29, 1.82) is 0 Å². The van der Waals surface area contributed by atoms with E-state index in [0.29, 0.717) is 31.8 Å². The van der Waals surface area contributed by atoms with Gasteiger partial charge in [0.1, 0.15) is 17.4 Å². The maximum atomic E-state index is 14.4. The number of carbonyl (C=O) groups excluding carboxylic acids is 2. The standard InChI is InChI=1S/C23H30FNO3/c1-14-17(4-3-5-20(14)24)21-18(22(26)15-6-7-15)12-25(10-11-28-2)13-19(21)23(27)16-8-9-16/h3-5,15-16,18-19,21H,6-13H2,1-2H3/t18-,19?,21?/m0/s1. The van der Waals surface area contributed by atoms with Crippen molar-refractivity contribution in [3.05, 3.63) is 35.1 Å². The molecule has 4 nitrogen and oxygen atoms in total. The van der Waals surface area contributed by atoms with E-state index < -0.39 is 0 Å². The summed E-state index contributed by atoms with van der Waals surface area (Å²) in [6.45, 7) is 4.34. The van der Waals surface area contributed by atoms with Crippen LogP contribution in [0.5, 0.6) is 0 Å². The van der Waals surface area contributed by atoms with E-state index in [-0.39, 0.29) is 47.0 Å². The highest BCUT2D eigenvalue weighted by Crippen LogP contribution is 2.47. The molecule has 4 rings (SSSR count). The smallest absolute Gasteiger partial charge is 0.140 e. The molecule has 0 spiro atoms. The van der Waals surface area contributed by atoms with Gasteiger partial charge in [-0.1, -0.05) is 12.1 Å². The summed E-state index contributed by atoms with van der Waals surface area (Å²) >= 11 is 0. The molecule has 0 N–H and O–H groups in total. The van der Waals surface area contributed by atoms with E-state index in [4.69, 9.17) is 4.74 Å². The number of ether oxygens (including phenoxy) is 1. The summed E-state index contributed by atoms with van der Waals surface area (Å²) in [5, 5.41) is 0. The first kappa shape index (κ1) is 19.7. The number of ketones is 2. The molecule has 2 aliphatic carbocycles. The monoisotopic (exact) mass is 387 g/mol. The van der Waals surface area contributed by atoms with E-state index in [0.717, 1.165) is 31.2 Å². The summed E-state index contributed by atoms with van der Waals surface area (Å²) in [5.74, 6) is -0.169. The predicted molar refractivity (Wildman–Crippen MR) is 105 cm³/mol. The molecule has 3 fully saturated rings. The molecular formula is C23H30FNO3. The lowest BCUT2D eigenvalue weighted by atomic mass is 9.68. The van der Waals surface area contributed by atoms with Crippen LogP contribution in [0.3, 0.4) is 0 Å². The van der Waals surface area contributed by atoms with Gasteiger partial charge in [0.05, 0.1) is 6.61 Å². The van der Waals surface area contributed by atoms with Crippen molar-refractivity contribution >= 4 is 11.6 Å². The van der Waals surface area contributed by atoms with Crippen LogP contribution >= 0.6 is 0 Å². The van der Waals surface area contributed by atoms with Gasteiger partial charge in [0.15, 0.2) is 0 Å². The lowest BCUT2D eigenvalue weighted by Crippen LogP contribution is -2.51. The summed E-state index contributed by atoms with van der Waals surface area (Å²) in [7, 11) is 1.67. The van der Waals surface area contributed by atoms with Crippen LogP contribution in [0, 0.1) is 36.4 Å². The van der Waals surface area contributed by atoms with Crippen LogP contribution in [0.15, 0.2) is 18.2 Å². The Morgan fingerprint density at radius 2 is 1.64 bits per heavy atom. The van der Waals surface area contributed by atoms with Crippen LogP contribution in [0.2, 0.25) is 0 Å². The number of carbonyl (C=O) groups is 2. The Balaban J connectivity index is 1.72. The van der Waals surface area contributed by atoms with Crippen molar-refractivity contribution in [2.45, 2.75) is 38.5 Å². The minimum atomic E-state index is -0.255. The molecule has 0 radical (unpaired) electrons. The highest BCUT2D eigenvalue weighted by Gasteiger charge is 2.50. The molecule has 1 saturated heterocycles. The van der Waals surface area contributed by atoms with Crippen molar-refractivity contribution in [1.82, 2.24) is 4.90 Å². The highest BCUT2D eigenvalue weighted by molar-refractivity contribution is 5.91. The minimum Gasteiger partial charge on any atom is -0.383 e. The van der Waals surface area contributed by atoms with Crippen LogP contribution in [0.4, 0.5) is 4.39 Å². The lowest BCUT2D eigenvalue weighted by Gasteiger charge is -2.43. The second kappa shape index (κ2) is 8.03. The van der Waals surface area contributed by atoms with Crippen LogP contribution in [-0.2, 0) is 14.3 Å². The Hall–Kier alpha value is -1.59. The fourth-order valence-corrected chi connectivity index (χ4v) is 4.84. The lowest BCUT2D eigenvalue weighted by molar-refractivity contribution is -0.133. The number of hydrogen-bond acceptors (Lipinski definition) is 4. The minimum absolute atomic E-state index is 0.125. The van der Waals surface area contributed by atoms with E-state index >= 15 is 0 Å². The molecule has 1 aromatic rings. The normalized spacial score (nSPS) is 28.3. The number of hydrogen-bond donors (Lipinski definition) is 0. The maximum Gasteiger partial charge on any atom is 0.140 e. The Morgan fingerprint density at radius 1 is 1.07 bits per heavy atom. The summed E-state index contributed by atoms with van der Waals surface area (Å²) < 4.78 is 19.6. The molecular weight excluding hydrogens is 357 g/mol. The predicted octanol–water partition coefficient (Wildman–Crippen LogP) is 3.37. The van der Waals surface area contributed by atoms with Gasteiger partial charge in [-0.3, -0.25) is 14.5 Å². The van der Waals surface area contributed by atoms with Gasteiger partial charge >= 0.3 is 0 Å². The molecule has 0 aromatic heterocycles. The molecule has 0 amide bonds. The van der Waals surface area contributed by atoms with E-state index in [1.54, 1.807) is 20.1 Å². The van der Waals surface area contributed by atoms with E-state index in [9.17, 15) is 14.0 Å². The first-order valence-corrected chi connectivity index (χ1v) is 10.5. The number of likely N-dealkylation sites (tertiary alicyclic amines) is 1. The van der Waals surface area contributed by atoms with Gasteiger partial charge in [-0.05, 0) is 49.8 Å². The third-order valence-electron chi connectivity index (χ3n) is 6.75. The van der Waals surface area contributed by atoms with E-state index in [1.165, 1.54) is 6.07 Å². The Kier molecular flexibility index (Phi) is 5.66. The zero-order chi connectivity index (χ0) is 19.8. The molecule has 152 valence electrons. The Labute approximate surface area is 166 Å². The molecule has 2 saturated carbocycles. The zero-order valence-corrected chi connectivity index (χ0v) is 16.8. The largest absolute Gasteiger partial charge is 0.383 e. The Bertz CT molecular complexity index is 722. The molecule has 2 unspecified atom stereocenters. The number of nitrogens with zero attached hydrogens (tertiary/aromatic N) is 1.